The minimum atomic E-state index is -0.113. The van der Waals surface area contributed by atoms with Gasteiger partial charge in [-0.25, -0.2) is 9.67 Å². The van der Waals surface area contributed by atoms with Crippen molar-refractivity contribution in [2.45, 2.75) is 13.0 Å². The maximum Gasteiger partial charge on any atom is 0.291 e. The van der Waals surface area contributed by atoms with Gasteiger partial charge in [-0.1, -0.05) is 24.3 Å². The highest BCUT2D eigenvalue weighted by atomic mass is 16.1. The summed E-state index contributed by atoms with van der Waals surface area (Å²) in [6.07, 6.45) is 7.93. The van der Waals surface area contributed by atoms with Gasteiger partial charge < -0.3 is 4.57 Å². The summed E-state index contributed by atoms with van der Waals surface area (Å²) in [5.41, 5.74) is 6.56. The molecule has 35 heavy (non-hydrogen) atoms. The van der Waals surface area contributed by atoms with Crippen LogP contribution in [0.25, 0.3) is 43.7 Å². The summed E-state index contributed by atoms with van der Waals surface area (Å²) >= 11 is 0. The Balaban J connectivity index is 1.32. The third-order valence-corrected chi connectivity index (χ3v) is 6.80. The van der Waals surface area contributed by atoms with Gasteiger partial charge in [0.05, 0.1) is 30.7 Å². The Kier molecular flexibility index (Phi) is 4.13. The molecule has 0 aliphatic carbocycles. The lowest BCUT2D eigenvalue weighted by molar-refractivity contribution is 0.647. The van der Waals surface area contributed by atoms with Crippen LogP contribution in [0, 0.1) is 0 Å². The first-order valence-electron chi connectivity index (χ1n) is 11.3. The van der Waals surface area contributed by atoms with Gasteiger partial charge in [0.1, 0.15) is 5.52 Å². The minimum Gasteiger partial charge on any atom is -0.339 e. The third-order valence-electron chi connectivity index (χ3n) is 6.80. The predicted molar refractivity (Wildman–Crippen MR) is 134 cm³/mol. The second-order valence-electron chi connectivity index (χ2n) is 8.81. The number of benzene rings is 2. The minimum absolute atomic E-state index is 0.113. The Labute approximate surface area is 198 Å². The second-order valence-corrected chi connectivity index (χ2v) is 8.81. The van der Waals surface area contributed by atoms with E-state index in [0.29, 0.717) is 12.1 Å². The number of nitrogens with zero attached hydrogens (tertiary/aromatic N) is 6. The molecule has 5 aromatic heterocycles. The van der Waals surface area contributed by atoms with Crippen LogP contribution in [-0.2, 0) is 20.0 Å². The molecule has 5 heterocycles. The van der Waals surface area contributed by atoms with Crippen molar-refractivity contribution >= 4 is 43.7 Å². The van der Waals surface area contributed by atoms with Crippen LogP contribution in [0.15, 0.2) is 72.0 Å². The van der Waals surface area contributed by atoms with E-state index in [2.05, 4.69) is 48.7 Å². The molecule has 9 nitrogen and oxygen atoms in total. The van der Waals surface area contributed by atoms with Crippen molar-refractivity contribution in [3.63, 3.8) is 0 Å². The van der Waals surface area contributed by atoms with Gasteiger partial charge in [0.25, 0.3) is 5.56 Å². The molecule has 7 rings (SSSR count). The molecule has 0 spiro atoms. The van der Waals surface area contributed by atoms with E-state index in [1.54, 1.807) is 18.6 Å². The molecule has 0 aliphatic heterocycles. The predicted octanol–water partition coefficient (Wildman–Crippen LogP) is 3.67. The maximum absolute atomic E-state index is 13.5. The van der Waals surface area contributed by atoms with Crippen molar-refractivity contribution in [3.05, 3.63) is 94.3 Å². The highest BCUT2D eigenvalue weighted by Gasteiger charge is 2.16. The van der Waals surface area contributed by atoms with Crippen molar-refractivity contribution in [2.24, 2.45) is 7.05 Å². The smallest absolute Gasteiger partial charge is 0.291 e. The first-order chi connectivity index (χ1) is 17.2. The summed E-state index contributed by atoms with van der Waals surface area (Å²) in [6, 6.07) is 14.3. The van der Waals surface area contributed by atoms with Crippen LogP contribution in [-0.4, -0.2) is 39.7 Å². The van der Waals surface area contributed by atoms with Crippen molar-refractivity contribution in [3.8, 4) is 0 Å². The molecule has 7 aromatic rings. The molecule has 2 N–H and O–H groups in total. The topological polar surface area (TPSA) is 110 Å². The van der Waals surface area contributed by atoms with Crippen LogP contribution >= 0.6 is 0 Å². The molecule has 0 unspecified atom stereocenters. The molecule has 0 saturated heterocycles. The first-order valence-corrected chi connectivity index (χ1v) is 11.3. The molecule has 0 amide bonds. The van der Waals surface area contributed by atoms with E-state index in [4.69, 9.17) is 0 Å². The molecule has 0 aliphatic rings. The third kappa shape index (κ3) is 2.98. The molecule has 9 heteroatoms. The second kappa shape index (κ2) is 7.36. The number of hydrogen-bond acceptors (Lipinski definition) is 5. The zero-order valence-electron chi connectivity index (χ0n) is 18.9. The van der Waals surface area contributed by atoms with Crippen molar-refractivity contribution in [1.29, 1.82) is 0 Å². The van der Waals surface area contributed by atoms with Crippen molar-refractivity contribution in [1.82, 2.24) is 39.7 Å². The van der Waals surface area contributed by atoms with Crippen LogP contribution < -0.4 is 5.56 Å². The van der Waals surface area contributed by atoms with Gasteiger partial charge in [-0.05, 0) is 41.3 Å². The average molecular weight is 461 g/mol. The van der Waals surface area contributed by atoms with Crippen LogP contribution in [0.1, 0.15) is 16.7 Å². The van der Waals surface area contributed by atoms with Crippen molar-refractivity contribution < 1.29 is 0 Å². The summed E-state index contributed by atoms with van der Waals surface area (Å²) in [6.45, 7) is 0.376. The van der Waals surface area contributed by atoms with E-state index in [0.717, 1.165) is 61.3 Å². The van der Waals surface area contributed by atoms with Crippen LogP contribution in [0.5, 0.6) is 0 Å². The van der Waals surface area contributed by atoms with E-state index in [1.165, 1.54) is 4.68 Å². The zero-order valence-corrected chi connectivity index (χ0v) is 18.9. The lowest BCUT2D eigenvalue weighted by atomic mass is 10.0. The van der Waals surface area contributed by atoms with Crippen LogP contribution in [0.3, 0.4) is 0 Å². The number of aromatic amines is 2. The molecule has 0 atom stereocenters. The van der Waals surface area contributed by atoms with Gasteiger partial charge in [-0.2, -0.15) is 15.3 Å². The molecular weight excluding hydrogens is 440 g/mol. The molecule has 0 radical (unpaired) electrons. The summed E-state index contributed by atoms with van der Waals surface area (Å²) in [5.74, 6) is 0. The fourth-order valence-electron chi connectivity index (χ4n) is 5.03. The first kappa shape index (κ1) is 19.7. The van der Waals surface area contributed by atoms with Gasteiger partial charge in [-0.15, -0.1) is 0 Å². The fourth-order valence-corrected chi connectivity index (χ4v) is 5.03. The maximum atomic E-state index is 13.5. The normalized spacial score (nSPS) is 11.9. The molecular formula is C26H20N8O. The van der Waals surface area contributed by atoms with Gasteiger partial charge >= 0.3 is 0 Å². The van der Waals surface area contributed by atoms with E-state index in [-0.39, 0.29) is 5.56 Å². The number of nitrogens with one attached hydrogen (secondary N) is 2. The Morgan fingerprint density at radius 1 is 0.886 bits per heavy atom. The highest BCUT2D eigenvalue weighted by molar-refractivity contribution is 6.07. The van der Waals surface area contributed by atoms with Crippen LogP contribution in [0.4, 0.5) is 0 Å². The van der Waals surface area contributed by atoms with E-state index in [9.17, 15) is 4.79 Å². The number of fused-ring (bicyclic) bond motifs is 5. The molecule has 0 bridgehead atoms. The van der Waals surface area contributed by atoms with Gasteiger partial charge in [-0.3, -0.25) is 15.0 Å². The standard InChI is InChI=1S/C26H20N8O/c1-33-23-10-15(9-16-7-8-27-25-20(16)12-29-32-25)5-6-18(23)21-13-30-34(26(35)24(21)33)14-17-3-2-4-22-19(17)11-28-31-22/h2-8,10-13H,9,14H2,1H3,(H,28,31)(H,27,29,32). The number of aromatic nitrogens is 8. The summed E-state index contributed by atoms with van der Waals surface area (Å²) in [7, 11) is 1.94. The lowest BCUT2D eigenvalue weighted by Crippen LogP contribution is -2.24. The summed E-state index contributed by atoms with van der Waals surface area (Å²) in [4.78, 5) is 17.9. The average Bonchev–Trinajstić information content (AvgIpc) is 3.60. The summed E-state index contributed by atoms with van der Waals surface area (Å²) in [5, 5.41) is 22.5. The lowest BCUT2D eigenvalue weighted by Gasteiger charge is -2.07. The Morgan fingerprint density at radius 2 is 1.77 bits per heavy atom. The van der Waals surface area contributed by atoms with Gasteiger partial charge in [0.2, 0.25) is 0 Å². The van der Waals surface area contributed by atoms with Gasteiger partial charge in [0.15, 0.2) is 5.65 Å². The molecule has 170 valence electrons. The number of rotatable bonds is 4. The summed E-state index contributed by atoms with van der Waals surface area (Å²) < 4.78 is 3.50. The molecule has 0 fully saturated rings. The molecule has 0 saturated carbocycles. The van der Waals surface area contributed by atoms with E-state index >= 15 is 0 Å². The van der Waals surface area contributed by atoms with Crippen LogP contribution in [0.2, 0.25) is 0 Å². The number of pyridine rings is 1. The Morgan fingerprint density at radius 3 is 2.71 bits per heavy atom. The number of H-pyrrole nitrogens is 2. The van der Waals surface area contributed by atoms with E-state index < -0.39 is 0 Å². The Bertz CT molecular complexity index is 1960. The van der Waals surface area contributed by atoms with E-state index in [1.807, 2.05) is 42.1 Å². The number of aryl methyl sites for hydroxylation is 1. The fraction of sp³-hybridized carbons (Fsp3) is 0.115. The van der Waals surface area contributed by atoms with Crippen molar-refractivity contribution in [2.75, 3.05) is 0 Å². The molecule has 2 aromatic carbocycles. The largest absolute Gasteiger partial charge is 0.339 e. The SMILES string of the molecule is Cn1c2cc(Cc3ccnc4[nH]ncc34)ccc2c2cnn(Cc3cccc4[nH]ncc34)c(=O)c21. The van der Waals surface area contributed by atoms with Gasteiger partial charge in [0, 0.05) is 40.3 Å². The number of hydrogen-bond donors (Lipinski definition) is 2. The quantitative estimate of drug-likeness (QED) is 0.416. The Hall–Kier alpha value is -4.79. The monoisotopic (exact) mass is 460 g/mol. The highest BCUT2D eigenvalue weighted by Crippen LogP contribution is 2.28. The zero-order chi connectivity index (χ0) is 23.5.